The van der Waals surface area contributed by atoms with Crippen LogP contribution < -0.4 is 10.5 Å². The Bertz CT molecular complexity index is 403. The van der Waals surface area contributed by atoms with Crippen LogP contribution in [0.4, 0.5) is 5.69 Å². The molecule has 1 aliphatic carbocycles. The average Bonchev–Trinajstić information content (AvgIpc) is 2.32. The van der Waals surface area contributed by atoms with Crippen LogP contribution in [-0.4, -0.2) is 22.1 Å². The minimum atomic E-state index is -0.453. The summed E-state index contributed by atoms with van der Waals surface area (Å²) in [5, 5.41) is 10.6. The molecule has 0 atom stereocenters. The van der Waals surface area contributed by atoms with Gasteiger partial charge in [0.05, 0.1) is 11.0 Å². The second-order valence-electron chi connectivity index (χ2n) is 4.26. The molecule has 0 aliphatic heterocycles. The Balaban J connectivity index is 1.98. The van der Waals surface area contributed by atoms with Crippen molar-refractivity contribution in [3.8, 4) is 5.88 Å². The van der Waals surface area contributed by atoms with E-state index in [0.717, 1.165) is 25.7 Å². The molecule has 0 bridgehead atoms. The minimum Gasteiger partial charge on any atom is -0.474 e. The van der Waals surface area contributed by atoms with Gasteiger partial charge in [0, 0.05) is 18.3 Å². The van der Waals surface area contributed by atoms with E-state index in [2.05, 4.69) is 4.98 Å². The van der Waals surface area contributed by atoms with Gasteiger partial charge < -0.3 is 10.5 Å². The van der Waals surface area contributed by atoms with Gasteiger partial charge in [-0.1, -0.05) is 0 Å². The van der Waals surface area contributed by atoms with Crippen molar-refractivity contribution in [1.82, 2.24) is 4.98 Å². The minimum absolute atomic E-state index is 0.00232. The molecule has 0 aromatic carbocycles. The third kappa shape index (κ3) is 3.13. The van der Waals surface area contributed by atoms with Crippen molar-refractivity contribution in [2.24, 2.45) is 5.73 Å². The van der Waals surface area contributed by atoms with Gasteiger partial charge in [0.2, 0.25) is 5.88 Å². The van der Waals surface area contributed by atoms with Gasteiger partial charge in [-0.15, -0.1) is 0 Å². The van der Waals surface area contributed by atoms with Crippen LogP contribution in [-0.2, 0) is 0 Å². The number of nitrogens with two attached hydrogens (primary N) is 1. The molecule has 2 N–H and O–H groups in total. The molecular weight excluding hydrogens is 222 g/mol. The molecule has 6 nitrogen and oxygen atoms in total. The van der Waals surface area contributed by atoms with Gasteiger partial charge in [0.1, 0.15) is 6.10 Å². The molecule has 92 valence electrons. The molecule has 1 aromatic rings. The molecule has 1 saturated carbocycles. The number of hydrogen-bond acceptors (Lipinski definition) is 5. The Morgan fingerprint density at radius 3 is 2.76 bits per heavy atom. The summed E-state index contributed by atoms with van der Waals surface area (Å²) in [4.78, 5) is 14.1. The van der Waals surface area contributed by atoms with E-state index in [1.54, 1.807) is 0 Å². The fourth-order valence-electron chi connectivity index (χ4n) is 1.95. The van der Waals surface area contributed by atoms with Gasteiger partial charge in [-0.05, 0) is 25.7 Å². The fourth-order valence-corrected chi connectivity index (χ4v) is 1.95. The zero-order chi connectivity index (χ0) is 12.3. The van der Waals surface area contributed by atoms with Gasteiger partial charge >= 0.3 is 0 Å². The maximum Gasteiger partial charge on any atom is 0.276 e. The van der Waals surface area contributed by atoms with Gasteiger partial charge in [-0.2, -0.15) is 0 Å². The molecular formula is C11H15N3O3. The molecule has 2 rings (SSSR count). The highest BCUT2D eigenvalue weighted by molar-refractivity contribution is 5.32. The number of aromatic nitrogens is 1. The van der Waals surface area contributed by atoms with E-state index in [4.69, 9.17) is 10.5 Å². The first-order valence-corrected chi connectivity index (χ1v) is 5.68. The van der Waals surface area contributed by atoms with Crippen LogP contribution in [0.25, 0.3) is 0 Å². The Hall–Kier alpha value is -1.69. The lowest BCUT2D eigenvalue weighted by atomic mass is 9.94. The molecule has 6 heteroatoms. The van der Waals surface area contributed by atoms with Crippen LogP contribution >= 0.6 is 0 Å². The molecule has 1 heterocycles. The van der Waals surface area contributed by atoms with Crippen molar-refractivity contribution in [2.45, 2.75) is 37.8 Å². The smallest absolute Gasteiger partial charge is 0.276 e. The van der Waals surface area contributed by atoms with E-state index < -0.39 is 4.92 Å². The predicted molar refractivity (Wildman–Crippen MR) is 61.8 cm³/mol. The van der Waals surface area contributed by atoms with E-state index in [0.29, 0.717) is 5.88 Å². The third-order valence-electron chi connectivity index (χ3n) is 2.94. The van der Waals surface area contributed by atoms with E-state index in [9.17, 15) is 10.1 Å². The van der Waals surface area contributed by atoms with Crippen LogP contribution in [0.5, 0.6) is 5.88 Å². The van der Waals surface area contributed by atoms with Crippen LogP contribution in [0.1, 0.15) is 25.7 Å². The van der Waals surface area contributed by atoms with Gasteiger partial charge in [-0.3, -0.25) is 10.1 Å². The maximum atomic E-state index is 10.6. The number of nitro groups is 1. The van der Waals surface area contributed by atoms with Crippen LogP contribution in [0.3, 0.4) is 0 Å². The second-order valence-corrected chi connectivity index (χ2v) is 4.26. The first kappa shape index (κ1) is 11.8. The molecule has 0 unspecified atom stereocenters. The predicted octanol–water partition coefficient (Wildman–Crippen LogP) is 1.64. The van der Waals surface area contributed by atoms with Crippen molar-refractivity contribution in [3.63, 3.8) is 0 Å². The Labute approximate surface area is 98.9 Å². The molecule has 0 saturated heterocycles. The molecule has 1 fully saturated rings. The molecule has 0 amide bonds. The zero-order valence-corrected chi connectivity index (χ0v) is 9.41. The summed E-state index contributed by atoms with van der Waals surface area (Å²) in [6.45, 7) is 0. The molecule has 1 aromatic heterocycles. The normalized spacial score (nSPS) is 24.3. The highest BCUT2D eigenvalue weighted by Gasteiger charge is 2.20. The van der Waals surface area contributed by atoms with Crippen molar-refractivity contribution in [2.75, 3.05) is 0 Å². The number of hydrogen-bond donors (Lipinski definition) is 1. The largest absolute Gasteiger partial charge is 0.474 e. The van der Waals surface area contributed by atoms with Gasteiger partial charge in [0.15, 0.2) is 0 Å². The molecule has 17 heavy (non-hydrogen) atoms. The number of ether oxygens (including phenoxy) is 1. The van der Waals surface area contributed by atoms with Crippen molar-refractivity contribution in [3.05, 3.63) is 28.4 Å². The maximum absolute atomic E-state index is 10.6. The Morgan fingerprint density at radius 2 is 2.12 bits per heavy atom. The number of nitrogens with zero attached hydrogens (tertiary/aromatic N) is 2. The summed E-state index contributed by atoms with van der Waals surface area (Å²) in [6.07, 6.45) is 5.09. The first-order valence-electron chi connectivity index (χ1n) is 5.68. The van der Waals surface area contributed by atoms with Crippen LogP contribution in [0.2, 0.25) is 0 Å². The lowest BCUT2D eigenvalue weighted by Gasteiger charge is -2.26. The van der Waals surface area contributed by atoms with E-state index in [1.165, 1.54) is 18.3 Å². The fraction of sp³-hybridized carbons (Fsp3) is 0.545. The van der Waals surface area contributed by atoms with Crippen molar-refractivity contribution < 1.29 is 9.66 Å². The van der Waals surface area contributed by atoms with Gasteiger partial charge in [0.25, 0.3) is 5.69 Å². The quantitative estimate of drug-likeness (QED) is 0.637. The van der Waals surface area contributed by atoms with E-state index in [1.807, 2.05) is 0 Å². The monoisotopic (exact) mass is 237 g/mol. The van der Waals surface area contributed by atoms with Gasteiger partial charge in [-0.25, -0.2) is 4.98 Å². The summed E-state index contributed by atoms with van der Waals surface area (Å²) in [5.41, 5.74) is 5.80. The zero-order valence-electron chi connectivity index (χ0n) is 9.41. The lowest BCUT2D eigenvalue weighted by molar-refractivity contribution is -0.385. The van der Waals surface area contributed by atoms with E-state index >= 15 is 0 Å². The molecule has 0 spiro atoms. The summed E-state index contributed by atoms with van der Waals surface area (Å²) in [6, 6.07) is 2.96. The van der Waals surface area contributed by atoms with Crippen molar-refractivity contribution in [1.29, 1.82) is 0 Å². The van der Waals surface area contributed by atoms with Crippen molar-refractivity contribution >= 4 is 5.69 Å². The highest BCUT2D eigenvalue weighted by Crippen LogP contribution is 2.23. The summed E-state index contributed by atoms with van der Waals surface area (Å²) in [5.74, 6) is 0.319. The lowest BCUT2D eigenvalue weighted by Crippen LogP contribution is -2.31. The summed E-state index contributed by atoms with van der Waals surface area (Å²) < 4.78 is 5.62. The number of rotatable bonds is 3. The SMILES string of the molecule is NC1CCC(Oc2cc([N+](=O)[O-])ccn2)CC1. The highest BCUT2D eigenvalue weighted by atomic mass is 16.6. The third-order valence-corrected chi connectivity index (χ3v) is 2.94. The summed E-state index contributed by atoms with van der Waals surface area (Å²) in [7, 11) is 0. The van der Waals surface area contributed by atoms with E-state index in [-0.39, 0.29) is 17.8 Å². The second kappa shape index (κ2) is 5.09. The van der Waals surface area contributed by atoms with Crippen LogP contribution in [0, 0.1) is 10.1 Å². The number of pyridine rings is 1. The molecule has 1 aliphatic rings. The average molecular weight is 237 g/mol. The van der Waals surface area contributed by atoms with Crippen LogP contribution in [0.15, 0.2) is 18.3 Å². The molecule has 0 radical (unpaired) electrons. The Morgan fingerprint density at radius 1 is 1.41 bits per heavy atom. The Kier molecular flexibility index (Phi) is 3.53. The first-order chi connectivity index (χ1) is 8.15. The topological polar surface area (TPSA) is 91.3 Å². The standard InChI is InChI=1S/C11H15N3O3/c12-8-1-3-10(4-2-8)17-11-7-9(14(15)16)5-6-13-11/h5-8,10H,1-4,12H2. The summed E-state index contributed by atoms with van der Waals surface area (Å²) >= 11 is 0.